The van der Waals surface area contributed by atoms with Gasteiger partial charge in [0, 0.05) is 36.7 Å². The lowest BCUT2D eigenvalue weighted by Gasteiger charge is -2.39. The Morgan fingerprint density at radius 2 is 2.00 bits per heavy atom. The highest BCUT2D eigenvalue weighted by Crippen LogP contribution is 2.29. The standard InChI is InChI=1S/C19H31N3O2S.HI/c1-6-20-18(22-11-12-25-19(2,3)14-22)21-10-9-15-7-8-16(23-4)17(13-15)24-5;/h7-8,13H,6,9-12,14H2,1-5H3,(H,20,21);1H. The molecule has 5 nitrogen and oxygen atoms in total. The van der Waals surface area contributed by atoms with Crippen LogP contribution in [0.25, 0.3) is 0 Å². The largest absolute Gasteiger partial charge is 0.493 e. The number of hydrogen-bond acceptors (Lipinski definition) is 4. The third kappa shape index (κ3) is 6.72. The summed E-state index contributed by atoms with van der Waals surface area (Å²) in [6.45, 7) is 10.4. The number of ether oxygens (including phenoxy) is 2. The van der Waals surface area contributed by atoms with E-state index in [2.05, 4.69) is 37.1 Å². The minimum Gasteiger partial charge on any atom is -0.493 e. The number of methoxy groups -OCH3 is 2. The molecule has 0 spiro atoms. The highest BCUT2D eigenvalue weighted by molar-refractivity contribution is 14.0. The molecule has 1 aromatic rings. The quantitative estimate of drug-likeness (QED) is 0.373. The molecule has 1 saturated heterocycles. The van der Waals surface area contributed by atoms with Gasteiger partial charge in [0.1, 0.15) is 0 Å². The summed E-state index contributed by atoms with van der Waals surface area (Å²) in [4.78, 5) is 7.23. The maximum absolute atomic E-state index is 5.38. The van der Waals surface area contributed by atoms with Gasteiger partial charge in [-0.3, -0.25) is 4.99 Å². The molecule has 0 radical (unpaired) electrons. The number of aliphatic imine (C=N–C) groups is 1. The highest BCUT2D eigenvalue weighted by atomic mass is 127. The molecule has 7 heteroatoms. The SMILES string of the molecule is CCNC(=NCCc1ccc(OC)c(OC)c1)N1CCSC(C)(C)C1.I. The summed E-state index contributed by atoms with van der Waals surface area (Å²) in [5.41, 5.74) is 1.20. The summed E-state index contributed by atoms with van der Waals surface area (Å²) in [7, 11) is 3.32. The number of benzene rings is 1. The first-order valence-corrected chi connectivity index (χ1v) is 9.85. The van der Waals surface area contributed by atoms with Crippen molar-refractivity contribution in [3.05, 3.63) is 23.8 Å². The van der Waals surface area contributed by atoms with E-state index in [1.807, 2.05) is 23.9 Å². The van der Waals surface area contributed by atoms with Crippen LogP contribution >= 0.6 is 35.7 Å². The third-order valence-corrected chi connectivity index (χ3v) is 5.47. The first-order chi connectivity index (χ1) is 12.0. The van der Waals surface area contributed by atoms with Gasteiger partial charge >= 0.3 is 0 Å². The zero-order valence-electron chi connectivity index (χ0n) is 16.5. The molecule has 0 bridgehead atoms. The predicted molar refractivity (Wildman–Crippen MR) is 123 cm³/mol. The van der Waals surface area contributed by atoms with Crippen molar-refractivity contribution in [2.24, 2.45) is 4.99 Å². The van der Waals surface area contributed by atoms with E-state index in [0.717, 1.165) is 55.8 Å². The molecule has 0 aromatic heterocycles. The Morgan fingerprint density at radius 1 is 1.27 bits per heavy atom. The average molecular weight is 493 g/mol. The van der Waals surface area contributed by atoms with Gasteiger partial charge in [-0.2, -0.15) is 11.8 Å². The van der Waals surface area contributed by atoms with Crippen molar-refractivity contribution in [2.45, 2.75) is 31.9 Å². The topological polar surface area (TPSA) is 46.1 Å². The van der Waals surface area contributed by atoms with Crippen molar-refractivity contribution < 1.29 is 9.47 Å². The molecule has 2 rings (SSSR count). The van der Waals surface area contributed by atoms with Crippen LogP contribution < -0.4 is 14.8 Å². The van der Waals surface area contributed by atoms with E-state index >= 15 is 0 Å². The summed E-state index contributed by atoms with van der Waals surface area (Å²) >= 11 is 2.04. The number of nitrogens with zero attached hydrogens (tertiary/aromatic N) is 2. The van der Waals surface area contributed by atoms with Gasteiger partial charge in [-0.25, -0.2) is 0 Å². The molecule has 1 heterocycles. The molecule has 1 aliphatic heterocycles. The van der Waals surface area contributed by atoms with Crippen LogP contribution in [0.15, 0.2) is 23.2 Å². The minimum absolute atomic E-state index is 0. The van der Waals surface area contributed by atoms with Gasteiger partial charge in [-0.05, 0) is 44.9 Å². The fourth-order valence-electron chi connectivity index (χ4n) is 2.95. The zero-order chi connectivity index (χ0) is 18.3. The maximum atomic E-state index is 5.38. The van der Waals surface area contributed by atoms with Gasteiger partial charge in [0.25, 0.3) is 0 Å². The Hall–Kier alpha value is -0.830. The lowest BCUT2D eigenvalue weighted by Crippen LogP contribution is -2.51. The van der Waals surface area contributed by atoms with Crippen LogP contribution in [0.3, 0.4) is 0 Å². The Kier molecular flexibility index (Phi) is 9.92. The zero-order valence-corrected chi connectivity index (χ0v) is 19.6. The second-order valence-electron chi connectivity index (χ2n) is 6.70. The number of thioether (sulfide) groups is 1. The van der Waals surface area contributed by atoms with Crippen LogP contribution in [0, 0.1) is 0 Å². The lowest BCUT2D eigenvalue weighted by molar-refractivity contribution is 0.354. The first-order valence-electron chi connectivity index (χ1n) is 8.87. The van der Waals surface area contributed by atoms with Gasteiger partial charge in [0.2, 0.25) is 0 Å². The fraction of sp³-hybridized carbons (Fsp3) is 0.632. The molecule has 0 saturated carbocycles. The Morgan fingerprint density at radius 3 is 2.62 bits per heavy atom. The lowest BCUT2D eigenvalue weighted by atomic mass is 10.1. The molecule has 0 atom stereocenters. The highest BCUT2D eigenvalue weighted by Gasteiger charge is 2.28. The number of nitrogens with one attached hydrogen (secondary N) is 1. The Labute approximate surface area is 179 Å². The van der Waals surface area contributed by atoms with Crippen molar-refractivity contribution in [1.82, 2.24) is 10.2 Å². The second-order valence-corrected chi connectivity index (χ2v) is 8.51. The third-order valence-electron chi connectivity index (χ3n) is 4.17. The number of hydrogen-bond donors (Lipinski definition) is 1. The van der Waals surface area contributed by atoms with E-state index in [1.54, 1.807) is 14.2 Å². The number of halogens is 1. The van der Waals surface area contributed by atoms with Gasteiger partial charge < -0.3 is 19.7 Å². The monoisotopic (exact) mass is 493 g/mol. The summed E-state index contributed by atoms with van der Waals surface area (Å²) in [5.74, 6) is 3.70. The summed E-state index contributed by atoms with van der Waals surface area (Å²) in [6, 6.07) is 6.06. The van der Waals surface area contributed by atoms with Crippen LogP contribution in [0.5, 0.6) is 11.5 Å². The van der Waals surface area contributed by atoms with Crippen molar-refractivity contribution >= 4 is 41.7 Å². The fourth-order valence-corrected chi connectivity index (χ4v) is 4.06. The van der Waals surface area contributed by atoms with Crippen LogP contribution in [0.4, 0.5) is 0 Å². The van der Waals surface area contributed by atoms with E-state index < -0.39 is 0 Å². The second kappa shape index (κ2) is 11.1. The minimum atomic E-state index is 0. The van der Waals surface area contributed by atoms with Gasteiger partial charge in [0.15, 0.2) is 17.5 Å². The molecule has 0 amide bonds. The van der Waals surface area contributed by atoms with Crippen LogP contribution in [0.2, 0.25) is 0 Å². The van der Waals surface area contributed by atoms with Crippen molar-refractivity contribution in [1.29, 1.82) is 0 Å². The summed E-state index contributed by atoms with van der Waals surface area (Å²) < 4.78 is 10.9. The summed E-state index contributed by atoms with van der Waals surface area (Å²) in [6.07, 6.45) is 0.876. The average Bonchev–Trinajstić information content (AvgIpc) is 2.60. The van der Waals surface area contributed by atoms with Crippen molar-refractivity contribution in [2.75, 3.05) is 46.2 Å². The first kappa shape index (κ1) is 23.2. The number of guanidine groups is 1. The molecule has 26 heavy (non-hydrogen) atoms. The van der Waals surface area contributed by atoms with Gasteiger partial charge in [-0.15, -0.1) is 24.0 Å². The molecule has 0 aliphatic carbocycles. The molecular formula is C19H32IN3O2S. The molecule has 1 N–H and O–H groups in total. The molecule has 1 aliphatic rings. The molecule has 1 fully saturated rings. The summed E-state index contributed by atoms with van der Waals surface area (Å²) in [5, 5.41) is 3.44. The Balaban J connectivity index is 0.00000338. The van der Waals surface area contributed by atoms with Gasteiger partial charge in [-0.1, -0.05) is 6.07 Å². The smallest absolute Gasteiger partial charge is 0.193 e. The van der Waals surface area contributed by atoms with E-state index in [1.165, 1.54) is 5.56 Å². The van der Waals surface area contributed by atoms with E-state index in [4.69, 9.17) is 14.5 Å². The predicted octanol–water partition coefficient (Wildman–Crippen LogP) is 3.66. The molecule has 1 aromatic carbocycles. The van der Waals surface area contributed by atoms with Crippen molar-refractivity contribution in [3.63, 3.8) is 0 Å². The van der Waals surface area contributed by atoms with E-state index in [9.17, 15) is 0 Å². The number of rotatable bonds is 6. The van der Waals surface area contributed by atoms with Crippen LogP contribution in [-0.4, -0.2) is 61.8 Å². The van der Waals surface area contributed by atoms with Crippen LogP contribution in [-0.2, 0) is 6.42 Å². The van der Waals surface area contributed by atoms with Gasteiger partial charge in [0.05, 0.1) is 14.2 Å². The molecule has 148 valence electrons. The van der Waals surface area contributed by atoms with E-state index in [0.29, 0.717) is 0 Å². The molecule has 0 unspecified atom stereocenters. The Bertz CT molecular complexity index is 596. The van der Waals surface area contributed by atoms with E-state index in [-0.39, 0.29) is 28.7 Å². The van der Waals surface area contributed by atoms with Crippen molar-refractivity contribution in [3.8, 4) is 11.5 Å². The molecular weight excluding hydrogens is 461 g/mol. The normalized spacial score (nSPS) is 16.7. The maximum Gasteiger partial charge on any atom is 0.193 e. The van der Waals surface area contributed by atoms with Crippen LogP contribution in [0.1, 0.15) is 26.3 Å².